The molecule has 5 heteroatoms. The van der Waals surface area contributed by atoms with Crippen LogP contribution < -0.4 is 11.1 Å². The summed E-state index contributed by atoms with van der Waals surface area (Å²) < 4.78 is 5.22. The van der Waals surface area contributed by atoms with Crippen molar-refractivity contribution in [1.82, 2.24) is 5.32 Å². The van der Waals surface area contributed by atoms with E-state index in [0.29, 0.717) is 24.6 Å². The molecule has 1 aromatic carbocycles. The lowest BCUT2D eigenvalue weighted by atomic mass is 10.1. The van der Waals surface area contributed by atoms with Gasteiger partial charge in [-0.05, 0) is 24.6 Å². The highest BCUT2D eigenvalue weighted by Crippen LogP contribution is 2.20. The summed E-state index contributed by atoms with van der Waals surface area (Å²) in [6.07, 6.45) is 0.979. The Hall–Kier alpha value is -1.75. The fraction of sp³-hybridized carbons (Fsp3) is 0.417. The summed E-state index contributed by atoms with van der Waals surface area (Å²) in [6.45, 7) is 2.07. The first kappa shape index (κ1) is 11.7. The van der Waals surface area contributed by atoms with Gasteiger partial charge in [0.2, 0.25) is 0 Å². The largest absolute Gasteiger partial charge is 0.506 e. The van der Waals surface area contributed by atoms with Gasteiger partial charge >= 0.3 is 0 Å². The number of phenols is 1. The zero-order chi connectivity index (χ0) is 12.3. The van der Waals surface area contributed by atoms with E-state index in [1.165, 1.54) is 12.1 Å². The van der Waals surface area contributed by atoms with Crippen molar-refractivity contribution in [3.05, 3.63) is 23.8 Å². The molecule has 92 valence electrons. The van der Waals surface area contributed by atoms with E-state index in [4.69, 9.17) is 10.5 Å². The van der Waals surface area contributed by atoms with Gasteiger partial charge in [0, 0.05) is 24.6 Å². The number of hydrogen-bond acceptors (Lipinski definition) is 4. The Balaban J connectivity index is 1.92. The number of benzene rings is 1. The number of aromatic hydroxyl groups is 1. The van der Waals surface area contributed by atoms with Gasteiger partial charge in [0.05, 0.1) is 12.3 Å². The average molecular weight is 236 g/mol. The zero-order valence-electron chi connectivity index (χ0n) is 9.48. The molecule has 0 aliphatic carbocycles. The number of carbonyl (C=O) groups is 1. The minimum atomic E-state index is -0.202. The average Bonchev–Trinajstić information content (AvgIpc) is 2.82. The molecule has 1 aromatic rings. The number of carbonyl (C=O) groups excluding carboxylic acids is 1. The van der Waals surface area contributed by atoms with Gasteiger partial charge in [0.25, 0.3) is 5.91 Å². The minimum Gasteiger partial charge on any atom is -0.506 e. The molecule has 1 aliphatic heterocycles. The number of nitrogen functional groups attached to an aromatic ring is 1. The minimum absolute atomic E-state index is 0.0677. The summed E-state index contributed by atoms with van der Waals surface area (Å²) in [6, 6.07) is 4.48. The van der Waals surface area contributed by atoms with E-state index in [9.17, 15) is 9.90 Å². The summed E-state index contributed by atoms with van der Waals surface area (Å²) in [7, 11) is 0. The van der Waals surface area contributed by atoms with Crippen molar-refractivity contribution in [2.45, 2.75) is 6.42 Å². The van der Waals surface area contributed by atoms with Crippen LogP contribution in [0, 0.1) is 5.92 Å². The summed E-state index contributed by atoms with van der Waals surface area (Å²) in [5, 5.41) is 12.2. The lowest BCUT2D eigenvalue weighted by Gasteiger charge is -2.10. The van der Waals surface area contributed by atoms with Crippen LogP contribution in [0.15, 0.2) is 18.2 Å². The van der Waals surface area contributed by atoms with E-state index < -0.39 is 0 Å². The molecule has 1 fully saturated rings. The Labute approximate surface area is 99.6 Å². The summed E-state index contributed by atoms with van der Waals surface area (Å²) in [5.74, 6) is 0.121. The number of amides is 1. The van der Waals surface area contributed by atoms with Crippen LogP contribution in [0.5, 0.6) is 5.75 Å². The van der Waals surface area contributed by atoms with Gasteiger partial charge in [-0.2, -0.15) is 0 Å². The molecule has 1 amide bonds. The van der Waals surface area contributed by atoms with E-state index in [-0.39, 0.29) is 17.3 Å². The number of hydrogen-bond donors (Lipinski definition) is 3. The molecular weight excluding hydrogens is 220 g/mol. The number of ether oxygens (including phenoxy) is 1. The molecule has 0 saturated carbocycles. The van der Waals surface area contributed by atoms with Crippen molar-refractivity contribution in [1.29, 1.82) is 0 Å². The Morgan fingerprint density at radius 3 is 3.06 bits per heavy atom. The molecule has 0 bridgehead atoms. The molecule has 1 unspecified atom stereocenters. The predicted octanol–water partition coefficient (Wildman–Crippen LogP) is 0.741. The van der Waals surface area contributed by atoms with Crippen molar-refractivity contribution < 1.29 is 14.6 Å². The first-order valence-corrected chi connectivity index (χ1v) is 5.61. The Morgan fingerprint density at radius 1 is 1.59 bits per heavy atom. The van der Waals surface area contributed by atoms with E-state index in [1.54, 1.807) is 6.07 Å². The van der Waals surface area contributed by atoms with Crippen LogP contribution in [0.1, 0.15) is 16.8 Å². The van der Waals surface area contributed by atoms with Gasteiger partial charge in [-0.15, -0.1) is 0 Å². The van der Waals surface area contributed by atoms with Gasteiger partial charge in [-0.1, -0.05) is 0 Å². The molecule has 1 atom stereocenters. The van der Waals surface area contributed by atoms with Crippen molar-refractivity contribution in [3.63, 3.8) is 0 Å². The van der Waals surface area contributed by atoms with Crippen molar-refractivity contribution in [2.24, 2.45) is 5.92 Å². The molecule has 4 N–H and O–H groups in total. The molecule has 1 saturated heterocycles. The summed E-state index contributed by atoms with van der Waals surface area (Å²) in [5.41, 5.74) is 6.15. The molecule has 2 rings (SSSR count). The SMILES string of the molecule is Nc1ccc(C(=O)NCC2CCOC2)cc1O. The number of phenolic OH excluding ortho intramolecular Hbond substituents is 1. The van der Waals surface area contributed by atoms with Gasteiger partial charge < -0.3 is 20.9 Å². The van der Waals surface area contributed by atoms with Crippen LogP contribution in [0.4, 0.5) is 5.69 Å². The number of anilines is 1. The number of nitrogens with two attached hydrogens (primary N) is 1. The standard InChI is InChI=1S/C12H16N2O3/c13-10-2-1-9(5-11(10)15)12(16)14-6-8-3-4-17-7-8/h1-2,5,8,15H,3-4,6-7,13H2,(H,14,16). The maximum Gasteiger partial charge on any atom is 0.251 e. The maximum absolute atomic E-state index is 11.8. The smallest absolute Gasteiger partial charge is 0.251 e. The van der Waals surface area contributed by atoms with Gasteiger partial charge in [-0.3, -0.25) is 4.79 Å². The van der Waals surface area contributed by atoms with E-state index in [1.807, 2.05) is 0 Å². The van der Waals surface area contributed by atoms with Crippen LogP contribution in [0.2, 0.25) is 0 Å². The molecule has 17 heavy (non-hydrogen) atoms. The van der Waals surface area contributed by atoms with E-state index in [2.05, 4.69) is 5.32 Å². The molecule has 1 aliphatic rings. The highest BCUT2D eigenvalue weighted by molar-refractivity contribution is 5.95. The lowest BCUT2D eigenvalue weighted by molar-refractivity contribution is 0.0944. The van der Waals surface area contributed by atoms with Gasteiger partial charge in [0.15, 0.2) is 0 Å². The van der Waals surface area contributed by atoms with Crippen LogP contribution in [0.3, 0.4) is 0 Å². The van der Waals surface area contributed by atoms with Crippen molar-refractivity contribution >= 4 is 11.6 Å². The third-order valence-electron chi connectivity index (χ3n) is 2.87. The predicted molar refractivity (Wildman–Crippen MR) is 63.8 cm³/mol. The van der Waals surface area contributed by atoms with Crippen molar-refractivity contribution in [2.75, 3.05) is 25.5 Å². The molecule has 0 aromatic heterocycles. The van der Waals surface area contributed by atoms with Crippen LogP contribution >= 0.6 is 0 Å². The zero-order valence-corrected chi connectivity index (χ0v) is 9.48. The molecule has 0 spiro atoms. The normalized spacial score (nSPS) is 19.2. The van der Waals surface area contributed by atoms with Crippen LogP contribution in [-0.2, 0) is 4.74 Å². The molecule has 1 heterocycles. The van der Waals surface area contributed by atoms with Crippen molar-refractivity contribution in [3.8, 4) is 5.75 Å². The van der Waals surface area contributed by atoms with Gasteiger partial charge in [0.1, 0.15) is 5.75 Å². The summed E-state index contributed by atoms with van der Waals surface area (Å²) >= 11 is 0. The second-order valence-electron chi connectivity index (χ2n) is 4.21. The Kier molecular flexibility index (Phi) is 3.49. The Morgan fingerprint density at radius 2 is 2.41 bits per heavy atom. The number of rotatable bonds is 3. The summed E-state index contributed by atoms with van der Waals surface area (Å²) in [4.78, 5) is 11.8. The Bertz CT molecular complexity index is 414. The second-order valence-corrected chi connectivity index (χ2v) is 4.21. The third-order valence-corrected chi connectivity index (χ3v) is 2.87. The molecule has 0 radical (unpaired) electrons. The third kappa shape index (κ3) is 2.88. The highest BCUT2D eigenvalue weighted by Gasteiger charge is 2.17. The van der Waals surface area contributed by atoms with Crippen LogP contribution in [0.25, 0.3) is 0 Å². The van der Waals surface area contributed by atoms with E-state index >= 15 is 0 Å². The maximum atomic E-state index is 11.8. The quantitative estimate of drug-likeness (QED) is 0.534. The monoisotopic (exact) mass is 236 g/mol. The first-order chi connectivity index (χ1) is 8.16. The van der Waals surface area contributed by atoms with Crippen LogP contribution in [-0.4, -0.2) is 30.8 Å². The fourth-order valence-corrected chi connectivity index (χ4v) is 1.77. The van der Waals surface area contributed by atoms with E-state index in [0.717, 1.165) is 13.0 Å². The first-order valence-electron chi connectivity index (χ1n) is 5.61. The lowest BCUT2D eigenvalue weighted by Crippen LogP contribution is -2.29. The number of nitrogens with one attached hydrogen (secondary N) is 1. The fourth-order valence-electron chi connectivity index (χ4n) is 1.77. The second kappa shape index (κ2) is 5.05. The molecule has 5 nitrogen and oxygen atoms in total. The highest BCUT2D eigenvalue weighted by atomic mass is 16.5. The topological polar surface area (TPSA) is 84.6 Å². The molecular formula is C12H16N2O3. The van der Waals surface area contributed by atoms with Gasteiger partial charge in [-0.25, -0.2) is 0 Å².